The zero-order chi connectivity index (χ0) is 21.6. The van der Waals surface area contributed by atoms with Gasteiger partial charge in [0, 0.05) is 31.3 Å². The van der Waals surface area contributed by atoms with E-state index < -0.39 is 6.29 Å². The first-order valence-electron chi connectivity index (χ1n) is 10.3. The number of hydrogen-bond donors (Lipinski definition) is 1. The Kier molecular flexibility index (Phi) is 8.85. The Hall–Kier alpha value is -1.25. The molecule has 8 heteroatoms. The van der Waals surface area contributed by atoms with Gasteiger partial charge in [-0.1, -0.05) is 13.8 Å². The second-order valence-electron chi connectivity index (χ2n) is 8.27. The summed E-state index contributed by atoms with van der Waals surface area (Å²) in [6.45, 7) is 16.7. The van der Waals surface area contributed by atoms with Crippen LogP contribution in [0.3, 0.4) is 0 Å². The SMILES string of the molecule is CCOC(OCC)c1cc2cnc(Cl)nc2n1C(CNCOC(C)(C)C)C(C)C. The van der Waals surface area contributed by atoms with Gasteiger partial charge in [-0.15, -0.1) is 0 Å². The number of hydrogen-bond acceptors (Lipinski definition) is 6. The van der Waals surface area contributed by atoms with Crippen LogP contribution in [0.1, 0.15) is 66.5 Å². The predicted molar refractivity (Wildman–Crippen MR) is 116 cm³/mol. The first-order chi connectivity index (χ1) is 13.7. The highest BCUT2D eigenvalue weighted by Crippen LogP contribution is 2.32. The first kappa shape index (κ1) is 24.0. The van der Waals surface area contributed by atoms with E-state index in [1.807, 2.05) is 40.7 Å². The van der Waals surface area contributed by atoms with E-state index in [1.165, 1.54) is 0 Å². The highest BCUT2D eigenvalue weighted by molar-refractivity contribution is 6.28. The summed E-state index contributed by atoms with van der Waals surface area (Å²) < 4.78 is 19.8. The summed E-state index contributed by atoms with van der Waals surface area (Å²) in [6, 6.07) is 2.13. The molecular formula is C21H35ClN4O3. The molecule has 0 aromatic carbocycles. The Morgan fingerprint density at radius 1 is 1.17 bits per heavy atom. The standard InChI is InChI=1S/C21H35ClN4O3/c1-8-27-19(28-9-2)16-10-15-11-24-20(22)25-18(15)26(16)17(14(3)4)12-23-13-29-21(5,6)7/h10-11,14,17,19,23H,8-9,12-13H2,1-7H3. The van der Waals surface area contributed by atoms with Crippen molar-refractivity contribution in [3.05, 3.63) is 23.2 Å². The molecule has 0 bridgehead atoms. The molecule has 0 fully saturated rings. The molecule has 0 radical (unpaired) electrons. The molecule has 0 aliphatic carbocycles. The van der Waals surface area contributed by atoms with Gasteiger partial charge >= 0.3 is 0 Å². The predicted octanol–water partition coefficient (Wildman–Crippen LogP) is 4.72. The third kappa shape index (κ3) is 6.62. The van der Waals surface area contributed by atoms with Crippen molar-refractivity contribution in [2.45, 2.75) is 66.4 Å². The Bertz CT molecular complexity index is 767. The molecule has 2 rings (SSSR count). The number of fused-ring (bicyclic) bond motifs is 1. The van der Waals surface area contributed by atoms with Crippen LogP contribution in [0.2, 0.25) is 5.28 Å². The summed E-state index contributed by atoms with van der Waals surface area (Å²) in [7, 11) is 0. The molecule has 0 aliphatic heterocycles. The quantitative estimate of drug-likeness (QED) is 0.318. The molecule has 0 spiro atoms. The van der Waals surface area contributed by atoms with Crippen LogP contribution in [-0.2, 0) is 14.2 Å². The van der Waals surface area contributed by atoms with Crippen LogP contribution in [0.4, 0.5) is 0 Å². The summed E-state index contributed by atoms with van der Waals surface area (Å²) in [5.74, 6) is 0.323. The Morgan fingerprint density at radius 2 is 1.83 bits per heavy atom. The molecule has 2 heterocycles. The van der Waals surface area contributed by atoms with Crippen molar-refractivity contribution in [3.8, 4) is 0 Å². The molecule has 0 aliphatic rings. The average Bonchev–Trinajstić information content (AvgIpc) is 2.98. The molecule has 1 atom stereocenters. The number of halogens is 1. The van der Waals surface area contributed by atoms with Gasteiger partial charge in [0.05, 0.1) is 24.1 Å². The van der Waals surface area contributed by atoms with Gasteiger partial charge in [-0.25, -0.2) is 4.98 Å². The lowest BCUT2D eigenvalue weighted by atomic mass is 10.0. The van der Waals surface area contributed by atoms with Gasteiger partial charge in [-0.3, -0.25) is 5.32 Å². The minimum Gasteiger partial charge on any atom is -0.361 e. The molecule has 1 N–H and O–H groups in total. The second-order valence-corrected chi connectivity index (χ2v) is 8.60. The fourth-order valence-corrected chi connectivity index (χ4v) is 3.29. The van der Waals surface area contributed by atoms with Gasteiger partial charge in [-0.05, 0) is 58.2 Å². The maximum atomic E-state index is 6.13. The molecule has 2 aromatic heterocycles. The highest BCUT2D eigenvalue weighted by atomic mass is 35.5. The van der Waals surface area contributed by atoms with Crippen molar-refractivity contribution in [2.24, 2.45) is 5.92 Å². The zero-order valence-electron chi connectivity index (χ0n) is 18.7. The van der Waals surface area contributed by atoms with E-state index in [4.69, 9.17) is 25.8 Å². The Labute approximate surface area is 179 Å². The number of nitrogens with zero attached hydrogens (tertiary/aromatic N) is 3. The van der Waals surface area contributed by atoms with E-state index in [9.17, 15) is 0 Å². The number of rotatable bonds is 11. The maximum absolute atomic E-state index is 6.13. The molecule has 164 valence electrons. The third-order valence-corrected chi connectivity index (χ3v) is 4.70. The molecule has 0 saturated carbocycles. The van der Waals surface area contributed by atoms with E-state index >= 15 is 0 Å². The van der Waals surface area contributed by atoms with E-state index in [0.29, 0.717) is 32.4 Å². The summed E-state index contributed by atoms with van der Waals surface area (Å²) in [6.07, 6.45) is 1.26. The molecule has 0 amide bonds. The third-order valence-electron chi connectivity index (χ3n) is 4.52. The lowest BCUT2D eigenvalue weighted by Gasteiger charge is -2.29. The smallest absolute Gasteiger partial charge is 0.224 e. The molecule has 1 unspecified atom stereocenters. The monoisotopic (exact) mass is 426 g/mol. The van der Waals surface area contributed by atoms with Crippen molar-refractivity contribution in [2.75, 3.05) is 26.5 Å². The van der Waals surface area contributed by atoms with Gasteiger partial charge < -0.3 is 18.8 Å². The van der Waals surface area contributed by atoms with Crippen LogP contribution >= 0.6 is 11.6 Å². The Morgan fingerprint density at radius 3 is 2.38 bits per heavy atom. The van der Waals surface area contributed by atoms with Crippen molar-refractivity contribution in [1.29, 1.82) is 0 Å². The van der Waals surface area contributed by atoms with E-state index in [0.717, 1.165) is 16.7 Å². The maximum Gasteiger partial charge on any atom is 0.224 e. The van der Waals surface area contributed by atoms with E-state index in [2.05, 4.69) is 33.7 Å². The minimum atomic E-state index is -0.481. The second kappa shape index (κ2) is 10.7. The van der Waals surface area contributed by atoms with Crippen LogP contribution < -0.4 is 5.32 Å². The largest absolute Gasteiger partial charge is 0.361 e. The van der Waals surface area contributed by atoms with Crippen molar-refractivity contribution < 1.29 is 14.2 Å². The zero-order valence-corrected chi connectivity index (χ0v) is 19.4. The van der Waals surface area contributed by atoms with Gasteiger partial charge in [0.25, 0.3) is 0 Å². The van der Waals surface area contributed by atoms with Crippen LogP contribution in [0, 0.1) is 5.92 Å². The van der Waals surface area contributed by atoms with Gasteiger partial charge in [-0.2, -0.15) is 4.98 Å². The van der Waals surface area contributed by atoms with Crippen LogP contribution in [-0.4, -0.2) is 46.6 Å². The summed E-state index contributed by atoms with van der Waals surface area (Å²) in [4.78, 5) is 8.66. The van der Waals surface area contributed by atoms with E-state index in [1.54, 1.807) is 6.20 Å². The molecule has 0 saturated heterocycles. The van der Waals surface area contributed by atoms with E-state index in [-0.39, 0.29) is 16.9 Å². The van der Waals surface area contributed by atoms with Gasteiger partial charge in [0.1, 0.15) is 5.65 Å². The lowest BCUT2D eigenvalue weighted by molar-refractivity contribution is -0.144. The first-order valence-corrected chi connectivity index (χ1v) is 10.7. The van der Waals surface area contributed by atoms with Crippen LogP contribution in [0.25, 0.3) is 11.0 Å². The van der Waals surface area contributed by atoms with Crippen molar-refractivity contribution >= 4 is 22.6 Å². The topological polar surface area (TPSA) is 70.4 Å². The summed E-state index contributed by atoms with van der Waals surface area (Å²) >= 11 is 6.13. The Balaban J connectivity index is 2.44. The number of nitrogens with one attached hydrogen (secondary N) is 1. The fourth-order valence-electron chi connectivity index (χ4n) is 3.16. The minimum absolute atomic E-state index is 0.0976. The summed E-state index contributed by atoms with van der Waals surface area (Å²) in [5, 5.41) is 4.55. The summed E-state index contributed by atoms with van der Waals surface area (Å²) in [5.41, 5.74) is 1.50. The number of aromatic nitrogens is 3. The molecule has 2 aromatic rings. The molecule has 7 nitrogen and oxygen atoms in total. The van der Waals surface area contributed by atoms with Gasteiger partial charge in [0.2, 0.25) is 5.28 Å². The highest BCUT2D eigenvalue weighted by Gasteiger charge is 2.27. The van der Waals surface area contributed by atoms with Crippen molar-refractivity contribution in [1.82, 2.24) is 19.9 Å². The lowest BCUT2D eigenvalue weighted by Crippen LogP contribution is -2.34. The van der Waals surface area contributed by atoms with Crippen LogP contribution in [0.15, 0.2) is 12.3 Å². The van der Waals surface area contributed by atoms with Crippen LogP contribution in [0.5, 0.6) is 0 Å². The molecule has 29 heavy (non-hydrogen) atoms. The molecular weight excluding hydrogens is 392 g/mol. The number of ether oxygens (including phenoxy) is 3. The fraction of sp³-hybridized carbons (Fsp3) is 0.714. The van der Waals surface area contributed by atoms with Gasteiger partial charge in [0.15, 0.2) is 6.29 Å². The van der Waals surface area contributed by atoms with Crippen molar-refractivity contribution in [3.63, 3.8) is 0 Å². The average molecular weight is 427 g/mol. The normalized spacial score (nSPS) is 13.7.